The van der Waals surface area contributed by atoms with Crippen LogP contribution in [0.25, 0.3) is 27.9 Å². The molecule has 154 valence electrons. The molecule has 0 spiro atoms. The summed E-state index contributed by atoms with van der Waals surface area (Å²) >= 11 is 6.08. The molecule has 0 amide bonds. The molecule has 0 saturated carbocycles. The summed E-state index contributed by atoms with van der Waals surface area (Å²) in [6, 6.07) is 9.26. The predicted molar refractivity (Wildman–Crippen MR) is 115 cm³/mol. The number of aryl methyl sites for hydroxylation is 1. The molecule has 30 heavy (non-hydrogen) atoms. The van der Waals surface area contributed by atoms with Crippen LogP contribution in [0.5, 0.6) is 0 Å². The van der Waals surface area contributed by atoms with E-state index < -0.39 is 0 Å². The van der Waals surface area contributed by atoms with Gasteiger partial charge in [-0.1, -0.05) is 23.7 Å². The van der Waals surface area contributed by atoms with Crippen molar-refractivity contribution in [3.63, 3.8) is 0 Å². The Bertz CT molecular complexity index is 1270. The van der Waals surface area contributed by atoms with Crippen molar-refractivity contribution in [2.75, 3.05) is 32.8 Å². The molecule has 1 aliphatic rings. The maximum absolute atomic E-state index is 13.5. The van der Waals surface area contributed by atoms with Crippen molar-refractivity contribution in [2.24, 2.45) is 0 Å². The fourth-order valence-corrected chi connectivity index (χ4v) is 3.97. The molecule has 9 heteroatoms. The van der Waals surface area contributed by atoms with Gasteiger partial charge in [0.25, 0.3) is 11.3 Å². The van der Waals surface area contributed by atoms with Gasteiger partial charge in [0.05, 0.1) is 29.8 Å². The number of rotatable bonds is 4. The van der Waals surface area contributed by atoms with Gasteiger partial charge < -0.3 is 9.30 Å². The quantitative estimate of drug-likeness (QED) is 0.500. The van der Waals surface area contributed by atoms with Gasteiger partial charge in [-0.25, -0.2) is 4.98 Å². The van der Waals surface area contributed by atoms with Gasteiger partial charge in [-0.15, -0.1) is 5.10 Å². The predicted octanol–water partition coefficient (Wildman–Crippen LogP) is 2.40. The zero-order valence-corrected chi connectivity index (χ0v) is 17.3. The highest BCUT2D eigenvalue weighted by Gasteiger charge is 2.18. The number of pyridine rings is 1. The zero-order chi connectivity index (χ0) is 20.7. The third-order valence-electron chi connectivity index (χ3n) is 5.39. The highest BCUT2D eigenvalue weighted by molar-refractivity contribution is 6.30. The second-order valence-electron chi connectivity index (χ2n) is 7.37. The Morgan fingerprint density at radius 3 is 2.60 bits per heavy atom. The lowest BCUT2D eigenvalue weighted by molar-refractivity contribution is 0.0363. The van der Waals surface area contributed by atoms with Gasteiger partial charge >= 0.3 is 0 Å². The van der Waals surface area contributed by atoms with Crippen LogP contribution in [-0.2, 0) is 11.3 Å². The van der Waals surface area contributed by atoms with Crippen LogP contribution in [0, 0.1) is 6.92 Å². The Morgan fingerprint density at radius 2 is 1.83 bits per heavy atom. The van der Waals surface area contributed by atoms with E-state index in [0.717, 1.165) is 38.4 Å². The van der Waals surface area contributed by atoms with Crippen molar-refractivity contribution >= 4 is 28.3 Å². The highest BCUT2D eigenvalue weighted by Crippen LogP contribution is 2.27. The maximum Gasteiger partial charge on any atom is 0.262 e. The van der Waals surface area contributed by atoms with Gasteiger partial charge in [-0.3, -0.25) is 9.69 Å². The van der Waals surface area contributed by atoms with E-state index in [0.29, 0.717) is 39.8 Å². The molecule has 0 radical (unpaired) electrons. The van der Waals surface area contributed by atoms with E-state index in [-0.39, 0.29) is 5.56 Å². The monoisotopic (exact) mass is 424 g/mol. The Morgan fingerprint density at radius 1 is 1.07 bits per heavy atom. The molecular formula is C21H21ClN6O2. The van der Waals surface area contributed by atoms with Gasteiger partial charge in [0.1, 0.15) is 5.82 Å². The van der Waals surface area contributed by atoms with E-state index in [1.54, 1.807) is 21.2 Å². The summed E-state index contributed by atoms with van der Waals surface area (Å²) in [5.74, 6) is 1.07. The first-order valence-corrected chi connectivity index (χ1v) is 10.3. The molecule has 1 aliphatic heterocycles. The summed E-state index contributed by atoms with van der Waals surface area (Å²) in [6.07, 6.45) is 1.81. The first-order chi connectivity index (χ1) is 14.6. The second kappa shape index (κ2) is 7.79. The number of hydrogen-bond donors (Lipinski definition) is 0. The number of morpholine rings is 1. The maximum atomic E-state index is 13.5. The molecule has 0 unspecified atom stereocenters. The molecule has 1 saturated heterocycles. The number of halogens is 1. The lowest BCUT2D eigenvalue weighted by atomic mass is 10.1. The summed E-state index contributed by atoms with van der Waals surface area (Å²) in [4.78, 5) is 24.8. The summed E-state index contributed by atoms with van der Waals surface area (Å²) in [6.45, 7) is 6.46. The Hall–Kier alpha value is -2.81. The average molecular weight is 425 g/mol. The number of hydrogen-bond acceptors (Lipinski definition) is 6. The summed E-state index contributed by atoms with van der Waals surface area (Å²) < 4.78 is 8.80. The van der Waals surface area contributed by atoms with Crippen LogP contribution in [0.2, 0.25) is 5.02 Å². The van der Waals surface area contributed by atoms with Gasteiger partial charge in [0.2, 0.25) is 0 Å². The van der Waals surface area contributed by atoms with Crippen LogP contribution in [0.4, 0.5) is 0 Å². The summed E-state index contributed by atoms with van der Waals surface area (Å²) in [7, 11) is 0. The van der Waals surface area contributed by atoms with Crippen molar-refractivity contribution in [3.05, 3.63) is 57.7 Å². The minimum Gasteiger partial charge on any atom is -0.379 e. The minimum atomic E-state index is -0.0896. The molecule has 3 aromatic heterocycles. The lowest BCUT2D eigenvalue weighted by Crippen LogP contribution is -2.39. The first-order valence-electron chi connectivity index (χ1n) is 9.93. The standard InChI is InChI=1S/C21H21ClN6O2/c1-14-23-21-24-17-6-7-27(9-8-26-10-12-30-13-11-26)20(29)18(17)19(28(21)25-14)15-2-4-16(22)5-3-15/h2-7H,8-13H2,1H3. The van der Waals surface area contributed by atoms with Gasteiger partial charge in [-0.2, -0.15) is 9.50 Å². The van der Waals surface area contributed by atoms with E-state index in [9.17, 15) is 4.79 Å². The Kier molecular flexibility index (Phi) is 4.98. The molecule has 0 aliphatic carbocycles. The van der Waals surface area contributed by atoms with Crippen molar-refractivity contribution in [3.8, 4) is 11.3 Å². The van der Waals surface area contributed by atoms with Crippen molar-refractivity contribution in [2.45, 2.75) is 13.5 Å². The van der Waals surface area contributed by atoms with E-state index in [4.69, 9.17) is 16.3 Å². The van der Waals surface area contributed by atoms with Crippen LogP contribution in [0.1, 0.15) is 5.82 Å². The topological polar surface area (TPSA) is 77.6 Å². The fraction of sp³-hybridized carbons (Fsp3) is 0.333. The third kappa shape index (κ3) is 3.47. The number of ether oxygens (including phenoxy) is 1. The Labute approximate surface area is 177 Å². The fourth-order valence-electron chi connectivity index (χ4n) is 3.84. The number of benzene rings is 1. The normalized spacial score (nSPS) is 15.3. The van der Waals surface area contributed by atoms with Crippen LogP contribution in [0.3, 0.4) is 0 Å². The van der Waals surface area contributed by atoms with Gasteiger partial charge in [0, 0.05) is 43.0 Å². The molecule has 8 nitrogen and oxygen atoms in total. The second-order valence-corrected chi connectivity index (χ2v) is 7.80. The van der Waals surface area contributed by atoms with Crippen molar-refractivity contribution < 1.29 is 4.74 Å². The lowest BCUT2D eigenvalue weighted by Gasteiger charge is -2.26. The summed E-state index contributed by atoms with van der Waals surface area (Å²) in [5.41, 5.74) is 2.03. The van der Waals surface area contributed by atoms with Crippen LogP contribution < -0.4 is 5.56 Å². The van der Waals surface area contributed by atoms with Crippen LogP contribution >= 0.6 is 11.6 Å². The summed E-state index contributed by atoms with van der Waals surface area (Å²) in [5, 5.41) is 5.65. The largest absolute Gasteiger partial charge is 0.379 e. The molecule has 0 atom stereocenters. The van der Waals surface area contributed by atoms with Crippen LogP contribution in [0.15, 0.2) is 41.3 Å². The van der Waals surface area contributed by atoms with E-state index in [2.05, 4.69) is 20.0 Å². The molecule has 0 bridgehead atoms. The van der Waals surface area contributed by atoms with E-state index >= 15 is 0 Å². The zero-order valence-electron chi connectivity index (χ0n) is 16.6. The molecule has 5 rings (SSSR count). The number of aromatic nitrogens is 5. The minimum absolute atomic E-state index is 0.0896. The van der Waals surface area contributed by atoms with E-state index in [1.807, 2.05) is 31.3 Å². The average Bonchev–Trinajstić information content (AvgIpc) is 3.13. The third-order valence-corrected chi connectivity index (χ3v) is 5.64. The molecule has 0 N–H and O–H groups in total. The molecular weight excluding hydrogens is 404 g/mol. The van der Waals surface area contributed by atoms with Crippen molar-refractivity contribution in [1.82, 2.24) is 29.0 Å². The van der Waals surface area contributed by atoms with Gasteiger partial charge in [0.15, 0.2) is 0 Å². The van der Waals surface area contributed by atoms with Crippen LogP contribution in [-0.4, -0.2) is 61.9 Å². The number of fused-ring (bicyclic) bond motifs is 2. The van der Waals surface area contributed by atoms with Gasteiger partial charge in [-0.05, 0) is 25.1 Å². The smallest absolute Gasteiger partial charge is 0.262 e. The highest BCUT2D eigenvalue weighted by atomic mass is 35.5. The molecule has 1 aromatic carbocycles. The Balaban J connectivity index is 1.67. The number of nitrogens with zero attached hydrogens (tertiary/aromatic N) is 6. The SMILES string of the molecule is Cc1nc2nc3ccn(CCN4CCOCC4)c(=O)c3c(-c3ccc(Cl)cc3)n2n1. The molecule has 4 aromatic rings. The van der Waals surface area contributed by atoms with Crippen molar-refractivity contribution in [1.29, 1.82) is 0 Å². The first kappa shape index (κ1) is 19.2. The molecule has 1 fully saturated rings. The molecule has 4 heterocycles. The van der Waals surface area contributed by atoms with E-state index in [1.165, 1.54) is 0 Å².